The highest BCUT2D eigenvalue weighted by Crippen LogP contribution is 2.32. The molecule has 0 spiro atoms. The number of benzene rings is 1. The lowest BCUT2D eigenvalue weighted by Crippen LogP contribution is -2.21. The first kappa shape index (κ1) is 16.9. The van der Waals surface area contributed by atoms with Crippen molar-refractivity contribution in [1.82, 2.24) is 5.32 Å². The summed E-state index contributed by atoms with van der Waals surface area (Å²) in [5.41, 5.74) is -1.15. The van der Waals surface area contributed by atoms with Crippen LogP contribution in [0.3, 0.4) is 0 Å². The van der Waals surface area contributed by atoms with Crippen LogP contribution in [0.15, 0.2) is 18.2 Å². The number of hydrogen-bond acceptors (Lipinski definition) is 3. The van der Waals surface area contributed by atoms with Crippen LogP contribution < -0.4 is 5.32 Å². The molecule has 0 saturated heterocycles. The van der Waals surface area contributed by atoms with Gasteiger partial charge in [0.15, 0.2) is 0 Å². The van der Waals surface area contributed by atoms with Crippen molar-refractivity contribution in [3.63, 3.8) is 0 Å². The molecule has 0 aliphatic rings. The first-order valence-electron chi connectivity index (χ1n) is 5.76. The predicted octanol–water partition coefficient (Wildman–Crippen LogP) is 2.54. The predicted molar refractivity (Wildman–Crippen MR) is 67.5 cm³/mol. The molecule has 0 heterocycles. The van der Waals surface area contributed by atoms with Crippen molar-refractivity contribution in [1.29, 1.82) is 0 Å². The van der Waals surface area contributed by atoms with Gasteiger partial charge in [-0.05, 0) is 31.7 Å². The van der Waals surface area contributed by atoms with E-state index in [4.69, 9.17) is 0 Å². The zero-order chi connectivity index (χ0) is 15.6. The first-order chi connectivity index (χ1) is 9.04. The van der Waals surface area contributed by atoms with Gasteiger partial charge < -0.3 is 5.32 Å². The third-order valence-corrected chi connectivity index (χ3v) is 3.80. The standard InChI is InChI=1S/C12H15F4NO2S/c1-17-11(5-6-20(2,18)19)9-7-8(12(14,15)16)3-4-10(9)13/h3-4,7,11,17H,5-6H2,1-2H3. The van der Waals surface area contributed by atoms with E-state index in [1.54, 1.807) is 0 Å². The molecule has 1 aromatic carbocycles. The van der Waals surface area contributed by atoms with E-state index < -0.39 is 33.4 Å². The molecule has 1 rings (SSSR count). The molecule has 0 aliphatic carbocycles. The van der Waals surface area contributed by atoms with Gasteiger partial charge in [-0.25, -0.2) is 12.8 Å². The number of rotatable bonds is 5. The summed E-state index contributed by atoms with van der Waals surface area (Å²) in [5.74, 6) is -1.04. The van der Waals surface area contributed by atoms with Crippen LogP contribution in [-0.2, 0) is 16.0 Å². The molecule has 0 fully saturated rings. The fourth-order valence-electron chi connectivity index (χ4n) is 1.77. The lowest BCUT2D eigenvalue weighted by Gasteiger charge is -2.18. The van der Waals surface area contributed by atoms with Gasteiger partial charge >= 0.3 is 6.18 Å². The minimum Gasteiger partial charge on any atom is -0.313 e. The highest BCUT2D eigenvalue weighted by Gasteiger charge is 2.32. The van der Waals surface area contributed by atoms with Crippen LogP contribution >= 0.6 is 0 Å². The Morgan fingerprint density at radius 3 is 2.35 bits per heavy atom. The van der Waals surface area contributed by atoms with Crippen LogP contribution in [0.4, 0.5) is 17.6 Å². The van der Waals surface area contributed by atoms with Crippen LogP contribution in [-0.4, -0.2) is 27.5 Å². The van der Waals surface area contributed by atoms with Gasteiger partial charge in [-0.15, -0.1) is 0 Å². The Morgan fingerprint density at radius 2 is 1.90 bits per heavy atom. The van der Waals surface area contributed by atoms with E-state index in [1.165, 1.54) is 7.05 Å². The maximum absolute atomic E-state index is 13.7. The number of sulfone groups is 1. The maximum Gasteiger partial charge on any atom is 0.416 e. The molecular weight excluding hydrogens is 298 g/mol. The number of alkyl halides is 3. The van der Waals surface area contributed by atoms with E-state index in [-0.39, 0.29) is 17.7 Å². The molecule has 0 saturated carbocycles. The van der Waals surface area contributed by atoms with Crippen molar-refractivity contribution in [2.75, 3.05) is 19.1 Å². The first-order valence-corrected chi connectivity index (χ1v) is 7.82. The Morgan fingerprint density at radius 1 is 1.30 bits per heavy atom. The van der Waals surface area contributed by atoms with Gasteiger partial charge in [0, 0.05) is 17.9 Å². The average Bonchev–Trinajstić information content (AvgIpc) is 2.29. The summed E-state index contributed by atoms with van der Waals surface area (Å²) in [4.78, 5) is 0. The number of halogens is 4. The summed E-state index contributed by atoms with van der Waals surface area (Å²) in [6.45, 7) is 0. The average molecular weight is 313 g/mol. The van der Waals surface area contributed by atoms with Crippen LogP contribution in [0.5, 0.6) is 0 Å². The second kappa shape index (κ2) is 6.09. The Kier molecular flexibility index (Phi) is 5.15. The zero-order valence-electron chi connectivity index (χ0n) is 11.0. The molecule has 0 aliphatic heterocycles. The zero-order valence-corrected chi connectivity index (χ0v) is 11.8. The van der Waals surface area contributed by atoms with E-state index in [0.717, 1.165) is 12.3 Å². The Bertz CT molecular complexity index is 569. The molecule has 0 radical (unpaired) electrons. The van der Waals surface area contributed by atoms with Gasteiger partial charge in [0.05, 0.1) is 11.3 Å². The summed E-state index contributed by atoms with van der Waals surface area (Å²) in [6.07, 6.45) is -3.56. The maximum atomic E-state index is 13.7. The SMILES string of the molecule is CNC(CCS(C)(=O)=O)c1cc(C(F)(F)F)ccc1F. The molecule has 1 atom stereocenters. The fraction of sp³-hybridized carbons (Fsp3) is 0.500. The largest absolute Gasteiger partial charge is 0.416 e. The van der Waals surface area contributed by atoms with Crippen LogP contribution in [0, 0.1) is 5.82 Å². The molecule has 1 aromatic rings. The molecule has 0 amide bonds. The summed E-state index contributed by atoms with van der Waals surface area (Å²) in [7, 11) is -1.84. The van der Waals surface area contributed by atoms with E-state index in [2.05, 4.69) is 5.32 Å². The molecule has 1 unspecified atom stereocenters. The normalized spacial score (nSPS) is 14.3. The molecule has 1 N–H and O–H groups in total. The fourth-order valence-corrected chi connectivity index (χ4v) is 2.44. The van der Waals surface area contributed by atoms with Crippen LogP contribution in [0.2, 0.25) is 0 Å². The lowest BCUT2D eigenvalue weighted by molar-refractivity contribution is -0.137. The smallest absolute Gasteiger partial charge is 0.313 e. The van der Waals surface area contributed by atoms with Crippen LogP contribution in [0.25, 0.3) is 0 Å². The van der Waals surface area contributed by atoms with Crippen molar-refractivity contribution < 1.29 is 26.0 Å². The minimum absolute atomic E-state index is 0.00639. The molecule has 114 valence electrons. The molecule has 8 heteroatoms. The Hall–Kier alpha value is -1.15. The number of nitrogens with one attached hydrogen (secondary N) is 1. The second-order valence-electron chi connectivity index (χ2n) is 4.49. The molecule has 20 heavy (non-hydrogen) atoms. The van der Waals surface area contributed by atoms with Gasteiger partial charge in [-0.1, -0.05) is 0 Å². The lowest BCUT2D eigenvalue weighted by atomic mass is 10.0. The summed E-state index contributed by atoms with van der Waals surface area (Å²) >= 11 is 0. The van der Waals surface area contributed by atoms with Gasteiger partial charge in [0.25, 0.3) is 0 Å². The Labute approximate surface area is 114 Å². The highest BCUT2D eigenvalue weighted by molar-refractivity contribution is 7.90. The van der Waals surface area contributed by atoms with Crippen molar-refractivity contribution in [2.45, 2.75) is 18.6 Å². The summed E-state index contributed by atoms with van der Waals surface area (Å²) in [5, 5.41) is 2.64. The third kappa shape index (κ3) is 4.75. The second-order valence-corrected chi connectivity index (χ2v) is 6.75. The molecule has 0 bridgehead atoms. The topological polar surface area (TPSA) is 46.2 Å². The van der Waals surface area contributed by atoms with Crippen molar-refractivity contribution >= 4 is 9.84 Å². The van der Waals surface area contributed by atoms with Gasteiger partial charge in [0.1, 0.15) is 15.7 Å². The number of hydrogen-bond donors (Lipinski definition) is 1. The van der Waals surface area contributed by atoms with Crippen molar-refractivity contribution in [3.8, 4) is 0 Å². The highest BCUT2D eigenvalue weighted by atomic mass is 32.2. The van der Waals surface area contributed by atoms with Crippen LogP contribution in [0.1, 0.15) is 23.6 Å². The molecule has 3 nitrogen and oxygen atoms in total. The van der Waals surface area contributed by atoms with Crippen molar-refractivity contribution in [2.24, 2.45) is 0 Å². The molecular formula is C12H15F4NO2S. The van der Waals surface area contributed by atoms with Gasteiger partial charge in [0.2, 0.25) is 0 Å². The van der Waals surface area contributed by atoms with E-state index in [9.17, 15) is 26.0 Å². The molecule has 0 aromatic heterocycles. The Balaban J connectivity index is 3.08. The third-order valence-electron chi connectivity index (χ3n) is 2.82. The van der Waals surface area contributed by atoms with Gasteiger partial charge in [-0.2, -0.15) is 13.2 Å². The van der Waals surface area contributed by atoms with E-state index in [0.29, 0.717) is 12.1 Å². The van der Waals surface area contributed by atoms with Gasteiger partial charge in [-0.3, -0.25) is 0 Å². The quantitative estimate of drug-likeness (QED) is 0.850. The summed E-state index contributed by atoms with van der Waals surface area (Å²) < 4.78 is 73.7. The van der Waals surface area contributed by atoms with Crippen molar-refractivity contribution in [3.05, 3.63) is 35.1 Å². The van der Waals surface area contributed by atoms with E-state index in [1.807, 2.05) is 0 Å². The van der Waals surface area contributed by atoms with E-state index >= 15 is 0 Å². The summed E-state index contributed by atoms with van der Waals surface area (Å²) in [6, 6.07) is 1.30. The monoisotopic (exact) mass is 313 g/mol. The minimum atomic E-state index is -4.57.